The van der Waals surface area contributed by atoms with Gasteiger partial charge in [0.15, 0.2) is 0 Å². The lowest BCUT2D eigenvalue weighted by molar-refractivity contribution is -0.115. The van der Waals surface area contributed by atoms with Gasteiger partial charge in [-0.25, -0.2) is 4.79 Å². The molecule has 0 fully saturated rings. The lowest BCUT2D eigenvalue weighted by atomic mass is 10.1. The SMILES string of the molecule is CCOC(=O)c1cccc(NC(=O)Cc2ccc(OC)cc2)c1. The van der Waals surface area contributed by atoms with Crippen LogP contribution in [0, 0.1) is 0 Å². The summed E-state index contributed by atoms with van der Waals surface area (Å²) in [7, 11) is 1.60. The minimum Gasteiger partial charge on any atom is -0.497 e. The number of hydrogen-bond acceptors (Lipinski definition) is 4. The van der Waals surface area contributed by atoms with Crippen molar-refractivity contribution in [2.45, 2.75) is 13.3 Å². The molecule has 1 amide bonds. The Kier molecular flexibility index (Phi) is 5.74. The number of esters is 1. The van der Waals surface area contributed by atoms with Gasteiger partial charge in [0.1, 0.15) is 5.75 Å². The van der Waals surface area contributed by atoms with Gasteiger partial charge in [-0.1, -0.05) is 18.2 Å². The molecule has 23 heavy (non-hydrogen) atoms. The molecule has 0 aromatic heterocycles. The smallest absolute Gasteiger partial charge is 0.338 e. The number of methoxy groups -OCH3 is 1. The third-order valence-corrected chi connectivity index (χ3v) is 3.18. The van der Waals surface area contributed by atoms with E-state index in [2.05, 4.69) is 5.32 Å². The number of nitrogens with one attached hydrogen (secondary N) is 1. The monoisotopic (exact) mass is 313 g/mol. The zero-order valence-electron chi connectivity index (χ0n) is 13.2. The van der Waals surface area contributed by atoms with Crippen molar-refractivity contribution in [1.29, 1.82) is 0 Å². The normalized spacial score (nSPS) is 10.0. The van der Waals surface area contributed by atoms with Gasteiger partial charge in [-0.15, -0.1) is 0 Å². The molecular weight excluding hydrogens is 294 g/mol. The molecule has 0 unspecified atom stereocenters. The third-order valence-electron chi connectivity index (χ3n) is 3.18. The van der Waals surface area contributed by atoms with E-state index in [1.165, 1.54) is 0 Å². The summed E-state index contributed by atoms with van der Waals surface area (Å²) in [4.78, 5) is 23.8. The molecule has 0 atom stereocenters. The van der Waals surface area contributed by atoms with Crippen LogP contribution in [-0.2, 0) is 16.0 Å². The van der Waals surface area contributed by atoms with E-state index in [-0.39, 0.29) is 12.3 Å². The first-order valence-corrected chi connectivity index (χ1v) is 7.32. The predicted molar refractivity (Wildman–Crippen MR) is 87.7 cm³/mol. The first kappa shape index (κ1) is 16.5. The van der Waals surface area contributed by atoms with Crippen molar-refractivity contribution in [3.63, 3.8) is 0 Å². The lowest BCUT2D eigenvalue weighted by Crippen LogP contribution is -2.15. The number of ether oxygens (including phenoxy) is 2. The fourth-order valence-electron chi connectivity index (χ4n) is 2.07. The average Bonchev–Trinajstić information content (AvgIpc) is 2.56. The maximum absolute atomic E-state index is 12.1. The summed E-state index contributed by atoms with van der Waals surface area (Å²) in [6.07, 6.45) is 0.244. The average molecular weight is 313 g/mol. The lowest BCUT2D eigenvalue weighted by Gasteiger charge is -2.08. The van der Waals surface area contributed by atoms with Crippen LogP contribution >= 0.6 is 0 Å². The molecule has 0 aliphatic carbocycles. The van der Waals surface area contributed by atoms with Gasteiger partial charge < -0.3 is 14.8 Å². The molecule has 5 heteroatoms. The molecular formula is C18H19NO4. The molecule has 2 aromatic carbocycles. The first-order valence-electron chi connectivity index (χ1n) is 7.32. The molecule has 0 aliphatic heterocycles. The van der Waals surface area contributed by atoms with E-state index >= 15 is 0 Å². The number of anilines is 1. The molecule has 0 bridgehead atoms. The second-order valence-corrected chi connectivity index (χ2v) is 4.87. The van der Waals surface area contributed by atoms with Gasteiger partial charge in [0, 0.05) is 5.69 Å². The zero-order valence-corrected chi connectivity index (χ0v) is 13.2. The molecule has 0 saturated carbocycles. The van der Waals surface area contributed by atoms with Crippen LogP contribution in [0.5, 0.6) is 5.75 Å². The summed E-state index contributed by atoms with van der Waals surface area (Å²) < 4.78 is 10.0. The van der Waals surface area contributed by atoms with E-state index in [4.69, 9.17) is 9.47 Å². The zero-order chi connectivity index (χ0) is 16.7. The standard InChI is InChI=1S/C18H19NO4/c1-3-23-18(21)14-5-4-6-15(12-14)19-17(20)11-13-7-9-16(22-2)10-8-13/h4-10,12H,3,11H2,1-2H3,(H,19,20). The van der Waals surface area contributed by atoms with Crippen LogP contribution in [0.15, 0.2) is 48.5 Å². The summed E-state index contributed by atoms with van der Waals surface area (Å²) in [5.74, 6) is 0.186. The maximum atomic E-state index is 12.1. The van der Waals surface area contributed by atoms with Crippen LogP contribution in [-0.4, -0.2) is 25.6 Å². The van der Waals surface area contributed by atoms with Crippen molar-refractivity contribution in [3.05, 3.63) is 59.7 Å². The van der Waals surface area contributed by atoms with E-state index in [0.29, 0.717) is 17.9 Å². The highest BCUT2D eigenvalue weighted by Gasteiger charge is 2.09. The Balaban J connectivity index is 1.99. The quantitative estimate of drug-likeness (QED) is 0.833. The highest BCUT2D eigenvalue weighted by atomic mass is 16.5. The number of benzene rings is 2. The van der Waals surface area contributed by atoms with E-state index in [9.17, 15) is 9.59 Å². The Labute approximate surface area is 135 Å². The second-order valence-electron chi connectivity index (χ2n) is 4.87. The maximum Gasteiger partial charge on any atom is 0.338 e. The topological polar surface area (TPSA) is 64.6 Å². The van der Waals surface area contributed by atoms with E-state index in [0.717, 1.165) is 11.3 Å². The third kappa shape index (κ3) is 4.85. The Morgan fingerprint density at radius 1 is 1.09 bits per heavy atom. The molecule has 0 heterocycles. The van der Waals surface area contributed by atoms with Gasteiger partial charge in [-0.05, 0) is 42.8 Å². The largest absolute Gasteiger partial charge is 0.497 e. The molecule has 0 aliphatic rings. The number of hydrogen-bond donors (Lipinski definition) is 1. The molecule has 0 spiro atoms. The van der Waals surface area contributed by atoms with E-state index in [1.807, 2.05) is 24.3 Å². The van der Waals surface area contributed by atoms with Gasteiger partial charge in [0.05, 0.1) is 25.7 Å². The van der Waals surface area contributed by atoms with Crippen molar-refractivity contribution < 1.29 is 19.1 Å². The molecule has 1 N–H and O–H groups in total. The van der Waals surface area contributed by atoms with Gasteiger partial charge in [0.25, 0.3) is 0 Å². The van der Waals surface area contributed by atoms with Crippen molar-refractivity contribution in [2.75, 3.05) is 19.0 Å². The van der Waals surface area contributed by atoms with Gasteiger partial charge >= 0.3 is 5.97 Å². The second kappa shape index (κ2) is 7.98. The molecule has 120 valence electrons. The minimum absolute atomic E-state index is 0.156. The Bertz CT molecular complexity index is 680. The summed E-state index contributed by atoms with van der Waals surface area (Å²) >= 11 is 0. The van der Waals surface area contributed by atoms with Gasteiger partial charge in [-0.3, -0.25) is 4.79 Å². The molecule has 0 radical (unpaired) electrons. The van der Waals surface area contributed by atoms with E-state index < -0.39 is 5.97 Å². The fourth-order valence-corrected chi connectivity index (χ4v) is 2.07. The van der Waals surface area contributed by atoms with Crippen LogP contribution < -0.4 is 10.1 Å². The molecule has 5 nitrogen and oxygen atoms in total. The summed E-state index contributed by atoms with van der Waals surface area (Å²) in [5, 5.41) is 2.78. The highest BCUT2D eigenvalue weighted by Crippen LogP contribution is 2.14. The summed E-state index contributed by atoms with van der Waals surface area (Å²) in [6.45, 7) is 2.06. The molecule has 0 saturated heterocycles. The molecule has 2 aromatic rings. The van der Waals surface area contributed by atoms with Gasteiger partial charge in [-0.2, -0.15) is 0 Å². The number of carbonyl (C=O) groups is 2. The van der Waals surface area contributed by atoms with Crippen molar-refractivity contribution in [1.82, 2.24) is 0 Å². The minimum atomic E-state index is -0.404. The Hall–Kier alpha value is -2.82. The number of amides is 1. The van der Waals surface area contributed by atoms with Gasteiger partial charge in [0.2, 0.25) is 5.91 Å². The Morgan fingerprint density at radius 2 is 1.83 bits per heavy atom. The molecule has 2 rings (SSSR count). The van der Waals surface area contributed by atoms with Crippen molar-refractivity contribution in [3.8, 4) is 5.75 Å². The van der Waals surface area contributed by atoms with Crippen LogP contribution in [0.2, 0.25) is 0 Å². The van der Waals surface area contributed by atoms with Crippen molar-refractivity contribution in [2.24, 2.45) is 0 Å². The fraction of sp³-hybridized carbons (Fsp3) is 0.222. The van der Waals surface area contributed by atoms with Crippen LogP contribution in [0.25, 0.3) is 0 Å². The first-order chi connectivity index (χ1) is 11.1. The van der Waals surface area contributed by atoms with Crippen LogP contribution in [0.3, 0.4) is 0 Å². The highest BCUT2D eigenvalue weighted by molar-refractivity contribution is 5.95. The predicted octanol–water partition coefficient (Wildman–Crippen LogP) is 3.05. The number of rotatable bonds is 6. The Morgan fingerprint density at radius 3 is 2.48 bits per heavy atom. The number of carbonyl (C=O) groups excluding carboxylic acids is 2. The van der Waals surface area contributed by atoms with E-state index in [1.54, 1.807) is 38.3 Å². The van der Waals surface area contributed by atoms with Crippen LogP contribution in [0.4, 0.5) is 5.69 Å². The van der Waals surface area contributed by atoms with Crippen molar-refractivity contribution >= 4 is 17.6 Å². The summed E-state index contributed by atoms with van der Waals surface area (Å²) in [5.41, 5.74) is 1.85. The van der Waals surface area contributed by atoms with Crippen LogP contribution in [0.1, 0.15) is 22.8 Å². The summed E-state index contributed by atoms with van der Waals surface area (Å²) in [6, 6.07) is 14.0.